The Morgan fingerprint density at radius 3 is 2.67 bits per heavy atom. The summed E-state index contributed by atoms with van der Waals surface area (Å²) in [6, 6.07) is 7.11. The minimum atomic E-state index is -3.31. The number of benzene rings is 1. The van der Waals surface area contributed by atoms with Crippen molar-refractivity contribution in [1.29, 1.82) is 0 Å². The molecule has 1 aromatic heterocycles. The van der Waals surface area contributed by atoms with E-state index in [-0.39, 0.29) is 0 Å². The lowest BCUT2D eigenvalue weighted by Crippen LogP contribution is -2.25. The summed E-state index contributed by atoms with van der Waals surface area (Å²) >= 11 is 0. The SMILES string of the molecule is CN(c1noc2ccccc12)S(C)(=O)=O. The third-order valence-corrected chi connectivity index (χ3v) is 3.32. The predicted octanol–water partition coefficient (Wildman–Crippen LogP) is 1.22. The van der Waals surface area contributed by atoms with E-state index in [4.69, 9.17) is 4.52 Å². The van der Waals surface area contributed by atoms with Crippen molar-refractivity contribution in [3.8, 4) is 0 Å². The Balaban J connectivity index is 2.63. The fourth-order valence-electron chi connectivity index (χ4n) is 1.26. The highest BCUT2D eigenvalue weighted by Crippen LogP contribution is 2.25. The first-order valence-electron chi connectivity index (χ1n) is 4.28. The molecule has 0 fully saturated rings. The Morgan fingerprint density at radius 2 is 2.00 bits per heavy atom. The fourth-order valence-corrected chi connectivity index (χ4v) is 1.70. The minimum absolute atomic E-state index is 0.313. The van der Waals surface area contributed by atoms with Crippen LogP contribution < -0.4 is 4.31 Å². The van der Waals surface area contributed by atoms with Gasteiger partial charge in [-0.2, -0.15) is 0 Å². The maximum absolute atomic E-state index is 11.3. The van der Waals surface area contributed by atoms with Gasteiger partial charge in [0.25, 0.3) is 0 Å². The van der Waals surface area contributed by atoms with Gasteiger partial charge < -0.3 is 4.52 Å². The number of aromatic nitrogens is 1. The zero-order valence-electron chi connectivity index (χ0n) is 8.34. The zero-order valence-corrected chi connectivity index (χ0v) is 9.15. The van der Waals surface area contributed by atoms with Gasteiger partial charge in [0.1, 0.15) is 0 Å². The van der Waals surface area contributed by atoms with E-state index >= 15 is 0 Å². The number of hydrogen-bond donors (Lipinski definition) is 0. The second-order valence-corrected chi connectivity index (χ2v) is 5.25. The van der Waals surface area contributed by atoms with Gasteiger partial charge in [-0.05, 0) is 12.1 Å². The van der Waals surface area contributed by atoms with Crippen LogP contribution in [0.4, 0.5) is 5.82 Å². The molecule has 0 amide bonds. The normalized spacial score (nSPS) is 11.9. The van der Waals surface area contributed by atoms with Crippen LogP contribution in [0.25, 0.3) is 11.0 Å². The van der Waals surface area contributed by atoms with Gasteiger partial charge in [0.05, 0.1) is 11.6 Å². The quantitative estimate of drug-likeness (QED) is 0.772. The van der Waals surface area contributed by atoms with Gasteiger partial charge in [0.2, 0.25) is 10.0 Å². The molecule has 0 aliphatic rings. The molecule has 0 radical (unpaired) electrons. The maximum atomic E-state index is 11.3. The van der Waals surface area contributed by atoms with Crippen molar-refractivity contribution < 1.29 is 12.9 Å². The second-order valence-electron chi connectivity index (χ2n) is 3.23. The monoisotopic (exact) mass is 226 g/mol. The third kappa shape index (κ3) is 1.68. The molecule has 1 heterocycles. The summed E-state index contributed by atoms with van der Waals surface area (Å²) in [5.74, 6) is 0.313. The highest BCUT2D eigenvalue weighted by molar-refractivity contribution is 7.92. The molecule has 0 bridgehead atoms. The molecule has 2 rings (SSSR count). The Hall–Kier alpha value is -1.56. The minimum Gasteiger partial charge on any atom is -0.354 e. The van der Waals surface area contributed by atoms with Crippen LogP contribution in [0, 0.1) is 0 Å². The molecule has 6 heteroatoms. The van der Waals surface area contributed by atoms with Crippen molar-refractivity contribution in [2.75, 3.05) is 17.6 Å². The van der Waals surface area contributed by atoms with Gasteiger partial charge in [0.15, 0.2) is 11.4 Å². The van der Waals surface area contributed by atoms with Crippen molar-refractivity contribution in [2.24, 2.45) is 0 Å². The highest BCUT2D eigenvalue weighted by Gasteiger charge is 2.18. The standard InChI is InChI=1S/C9H10N2O3S/c1-11(15(2,12)13)9-7-5-3-4-6-8(7)14-10-9/h3-6H,1-2H3. The Labute approximate surface area is 87.3 Å². The van der Waals surface area contributed by atoms with E-state index in [9.17, 15) is 8.42 Å². The lowest BCUT2D eigenvalue weighted by atomic mass is 10.2. The number of para-hydroxylation sites is 1. The maximum Gasteiger partial charge on any atom is 0.233 e. The molecular formula is C9H10N2O3S. The van der Waals surface area contributed by atoms with Crippen LogP contribution in [0.2, 0.25) is 0 Å². The molecule has 0 aliphatic heterocycles. The van der Waals surface area contributed by atoms with E-state index < -0.39 is 10.0 Å². The van der Waals surface area contributed by atoms with Crippen LogP contribution in [0.5, 0.6) is 0 Å². The van der Waals surface area contributed by atoms with Crippen molar-refractivity contribution in [2.45, 2.75) is 0 Å². The molecule has 1 aromatic carbocycles. The van der Waals surface area contributed by atoms with E-state index in [0.717, 1.165) is 10.6 Å². The van der Waals surface area contributed by atoms with Gasteiger partial charge >= 0.3 is 0 Å². The third-order valence-electron chi connectivity index (χ3n) is 2.15. The van der Waals surface area contributed by atoms with Crippen LogP contribution >= 0.6 is 0 Å². The lowest BCUT2D eigenvalue weighted by Gasteiger charge is -2.12. The predicted molar refractivity (Wildman–Crippen MR) is 57.3 cm³/mol. The summed E-state index contributed by atoms with van der Waals surface area (Å²) in [6.45, 7) is 0. The van der Waals surface area contributed by atoms with Crippen molar-refractivity contribution in [3.05, 3.63) is 24.3 Å². The molecule has 80 valence electrons. The summed E-state index contributed by atoms with van der Waals surface area (Å²) in [4.78, 5) is 0. The van der Waals surface area contributed by atoms with Crippen molar-refractivity contribution in [3.63, 3.8) is 0 Å². The zero-order chi connectivity index (χ0) is 11.1. The molecule has 0 spiro atoms. The first kappa shape index (κ1) is 9.97. The fraction of sp³-hybridized carbons (Fsp3) is 0.222. The molecule has 2 aromatic rings. The number of sulfonamides is 1. The van der Waals surface area contributed by atoms with E-state index in [1.165, 1.54) is 7.05 Å². The number of hydrogen-bond acceptors (Lipinski definition) is 4. The van der Waals surface area contributed by atoms with Crippen molar-refractivity contribution in [1.82, 2.24) is 5.16 Å². The Bertz CT molecular complexity index is 588. The number of rotatable bonds is 2. The molecule has 5 nitrogen and oxygen atoms in total. The number of fused-ring (bicyclic) bond motifs is 1. The van der Waals surface area contributed by atoms with Gasteiger partial charge in [-0.3, -0.25) is 4.31 Å². The molecule has 0 atom stereocenters. The van der Waals surface area contributed by atoms with Gasteiger partial charge in [-0.25, -0.2) is 8.42 Å². The van der Waals surface area contributed by atoms with Crippen LogP contribution in [0.15, 0.2) is 28.8 Å². The average Bonchev–Trinajstić information content (AvgIpc) is 2.58. The van der Waals surface area contributed by atoms with Crippen molar-refractivity contribution >= 4 is 26.8 Å². The smallest absolute Gasteiger partial charge is 0.233 e. The second kappa shape index (κ2) is 3.23. The Kier molecular flexibility index (Phi) is 2.15. The highest BCUT2D eigenvalue weighted by atomic mass is 32.2. The largest absolute Gasteiger partial charge is 0.354 e. The van der Waals surface area contributed by atoms with Crippen LogP contribution in [0.1, 0.15) is 0 Å². The molecule has 0 saturated carbocycles. The van der Waals surface area contributed by atoms with Gasteiger partial charge in [0, 0.05) is 7.05 Å². The first-order chi connectivity index (χ1) is 7.00. The van der Waals surface area contributed by atoms with E-state index in [0.29, 0.717) is 16.8 Å². The number of anilines is 1. The molecule has 15 heavy (non-hydrogen) atoms. The molecule has 0 aliphatic carbocycles. The molecule has 0 N–H and O–H groups in total. The summed E-state index contributed by atoms with van der Waals surface area (Å²) in [6.07, 6.45) is 1.12. The van der Waals surface area contributed by atoms with Gasteiger partial charge in [-0.15, -0.1) is 0 Å². The summed E-state index contributed by atoms with van der Waals surface area (Å²) in [5.41, 5.74) is 0.572. The van der Waals surface area contributed by atoms with Crippen LogP contribution in [0.3, 0.4) is 0 Å². The first-order valence-corrected chi connectivity index (χ1v) is 6.13. The summed E-state index contributed by atoms with van der Waals surface area (Å²) in [5, 5.41) is 4.42. The van der Waals surface area contributed by atoms with E-state index in [1.54, 1.807) is 24.3 Å². The summed E-state index contributed by atoms with van der Waals surface area (Å²) < 4.78 is 28.7. The van der Waals surface area contributed by atoms with Crippen LogP contribution in [-0.4, -0.2) is 26.9 Å². The lowest BCUT2D eigenvalue weighted by molar-refractivity contribution is 0.458. The molecular weight excluding hydrogens is 216 g/mol. The molecule has 0 unspecified atom stereocenters. The topological polar surface area (TPSA) is 63.4 Å². The summed E-state index contributed by atoms with van der Waals surface area (Å²) in [7, 11) is -1.86. The van der Waals surface area contributed by atoms with Crippen LogP contribution in [-0.2, 0) is 10.0 Å². The van der Waals surface area contributed by atoms with Gasteiger partial charge in [-0.1, -0.05) is 17.3 Å². The molecule has 0 saturated heterocycles. The van der Waals surface area contributed by atoms with E-state index in [1.807, 2.05) is 0 Å². The Morgan fingerprint density at radius 1 is 1.33 bits per heavy atom. The average molecular weight is 226 g/mol. The number of nitrogens with zero attached hydrogens (tertiary/aromatic N) is 2. The van der Waals surface area contributed by atoms with E-state index in [2.05, 4.69) is 5.16 Å².